The summed E-state index contributed by atoms with van der Waals surface area (Å²) in [5.74, 6) is 0.157. The van der Waals surface area contributed by atoms with Gasteiger partial charge in [0.25, 0.3) is 0 Å². The second-order valence-electron chi connectivity index (χ2n) is 14.8. The van der Waals surface area contributed by atoms with E-state index in [4.69, 9.17) is 9.47 Å². The van der Waals surface area contributed by atoms with Crippen LogP contribution in [0.1, 0.15) is 207 Å². The summed E-state index contributed by atoms with van der Waals surface area (Å²) in [6.45, 7) is 11.9. The van der Waals surface area contributed by atoms with Crippen LogP contribution < -0.4 is 5.32 Å². The number of hydrogen-bond donors (Lipinski definition) is 1. The second kappa shape index (κ2) is 30.0. The number of nitrogens with one attached hydrogen (secondary N) is 1. The third-order valence-corrected chi connectivity index (χ3v) is 10.7. The van der Waals surface area contributed by atoms with Crippen molar-refractivity contribution in [2.24, 2.45) is 17.3 Å². The minimum Gasteiger partial charge on any atom is -0.465 e. The first-order chi connectivity index (χ1) is 22.5. The molecule has 5 nitrogen and oxygen atoms in total. The Morgan fingerprint density at radius 3 is 1.15 bits per heavy atom. The first kappa shape index (κ1) is 42.9. The normalized spacial score (nSPS) is 15.8. The van der Waals surface area contributed by atoms with Gasteiger partial charge in [-0.1, -0.05) is 156 Å². The zero-order valence-electron chi connectivity index (χ0n) is 31.4. The van der Waals surface area contributed by atoms with Gasteiger partial charge >= 0.3 is 11.9 Å². The van der Waals surface area contributed by atoms with Gasteiger partial charge in [0.2, 0.25) is 0 Å². The van der Waals surface area contributed by atoms with Crippen molar-refractivity contribution in [2.75, 3.05) is 26.3 Å². The van der Waals surface area contributed by atoms with E-state index in [9.17, 15) is 9.59 Å². The summed E-state index contributed by atoms with van der Waals surface area (Å²) in [5, 5.41) is 3.51. The number of ether oxygens (including phenoxy) is 2. The van der Waals surface area contributed by atoms with Crippen LogP contribution in [0, 0.1) is 17.3 Å². The Morgan fingerprint density at radius 2 is 0.804 bits per heavy atom. The van der Waals surface area contributed by atoms with Crippen LogP contribution in [0.25, 0.3) is 0 Å². The van der Waals surface area contributed by atoms with Crippen LogP contribution in [-0.2, 0) is 19.1 Å². The SMILES string of the molecule is CCCCCCCCC(CCCCCC)C(=O)OCCC1(CCOC(=O)C(CCCCCC)CCCCCCCC)CCNCC1. The highest BCUT2D eigenvalue weighted by atomic mass is 16.5. The van der Waals surface area contributed by atoms with E-state index in [0.717, 1.165) is 90.1 Å². The zero-order valence-corrected chi connectivity index (χ0v) is 31.4. The van der Waals surface area contributed by atoms with E-state index in [1.807, 2.05) is 0 Å². The molecule has 0 aromatic heterocycles. The first-order valence-corrected chi connectivity index (χ1v) is 20.6. The van der Waals surface area contributed by atoms with E-state index in [1.165, 1.54) is 103 Å². The summed E-state index contributed by atoms with van der Waals surface area (Å²) in [6, 6.07) is 0. The van der Waals surface area contributed by atoms with Gasteiger partial charge in [0.1, 0.15) is 0 Å². The average molecular weight is 650 g/mol. The van der Waals surface area contributed by atoms with Gasteiger partial charge in [0.15, 0.2) is 0 Å². The molecule has 0 aliphatic carbocycles. The van der Waals surface area contributed by atoms with Crippen LogP contribution in [-0.4, -0.2) is 38.2 Å². The van der Waals surface area contributed by atoms with Crippen molar-refractivity contribution in [1.82, 2.24) is 5.32 Å². The largest absolute Gasteiger partial charge is 0.465 e. The van der Waals surface area contributed by atoms with Crippen molar-refractivity contribution in [3.63, 3.8) is 0 Å². The van der Waals surface area contributed by atoms with Crippen molar-refractivity contribution >= 4 is 11.9 Å². The number of carbonyl (C=O) groups excluding carboxylic acids is 2. The van der Waals surface area contributed by atoms with E-state index < -0.39 is 0 Å². The molecule has 1 aliphatic heterocycles. The number of rotatable bonds is 32. The molecule has 1 heterocycles. The van der Waals surface area contributed by atoms with Gasteiger partial charge in [-0.2, -0.15) is 0 Å². The van der Waals surface area contributed by atoms with Crippen LogP contribution in [0.2, 0.25) is 0 Å². The van der Waals surface area contributed by atoms with Gasteiger partial charge in [-0.15, -0.1) is 0 Å². The van der Waals surface area contributed by atoms with Crippen LogP contribution in [0.15, 0.2) is 0 Å². The van der Waals surface area contributed by atoms with Gasteiger partial charge in [-0.05, 0) is 69.9 Å². The predicted octanol–water partition coefficient (Wildman–Crippen LogP) is 11.9. The van der Waals surface area contributed by atoms with Crippen molar-refractivity contribution < 1.29 is 19.1 Å². The van der Waals surface area contributed by atoms with Crippen LogP contribution in [0.4, 0.5) is 0 Å². The minimum absolute atomic E-state index is 0.0289. The number of piperidine rings is 1. The molecule has 5 heteroatoms. The van der Waals surface area contributed by atoms with E-state index in [-0.39, 0.29) is 29.2 Å². The molecule has 2 atom stereocenters. The molecule has 1 saturated heterocycles. The molecule has 0 radical (unpaired) electrons. The minimum atomic E-state index is 0.0289. The Morgan fingerprint density at radius 1 is 0.500 bits per heavy atom. The van der Waals surface area contributed by atoms with Gasteiger partial charge < -0.3 is 14.8 Å². The van der Waals surface area contributed by atoms with E-state index in [1.54, 1.807) is 0 Å². The van der Waals surface area contributed by atoms with Crippen LogP contribution >= 0.6 is 0 Å². The summed E-state index contributed by atoms with van der Waals surface area (Å²) in [6.07, 6.45) is 32.4. The van der Waals surface area contributed by atoms with E-state index in [0.29, 0.717) is 13.2 Å². The molecular weight excluding hydrogens is 570 g/mol. The molecule has 2 unspecified atom stereocenters. The van der Waals surface area contributed by atoms with Crippen molar-refractivity contribution in [3.05, 3.63) is 0 Å². The fourth-order valence-corrected chi connectivity index (χ4v) is 7.29. The number of esters is 2. The van der Waals surface area contributed by atoms with Gasteiger partial charge in [-0.25, -0.2) is 0 Å². The molecule has 0 bridgehead atoms. The van der Waals surface area contributed by atoms with Crippen molar-refractivity contribution in [3.8, 4) is 0 Å². The fraction of sp³-hybridized carbons (Fsp3) is 0.951. The highest BCUT2D eigenvalue weighted by Gasteiger charge is 2.33. The average Bonchev–Trinajstić information content (AvgIpc) is 3.06. The van der Waals surface area contributed by atoms with Gasteiger partial charge in [0, 0.05) is 0 Å². The zero-order chi connectivity index (χ0) is 33.6. The van der Waals surface area contributed by atoms with Crippen molar-refractivity contribution in [1.29, 1.82) is 0 Å². The first-order valence-electron chi connectivity index (χ1n) is 20.6. The standard InChI is InChI=1S/C41H79NO4/c1-5-9-13-17-19-23-27-37(25-21-15-11-7-3)39(43)45-35-31-41(29-33-42-34-30-41)32-36-46-40(44)38(26-22-16-12-8-4)28-24-20-18-14-10-6-2/h37-38,42H,5-36H2,1-4H3. The maximum Gasteiger partial charge on any atom is 0.308 e. The predicted molar refractivity (Wildman–Crippen MR) is 196 cm³/mol. The van der Waals surface area contributed by atoms with Gasteiger partial charge in [0.05, 0.1) is 25.0 Å². The Bertz CT molecular complexity index is 653. The number of hydrogen-bond acceptors (Lipinski definition) is 5. The molecule has 1 fully saturated rings. The third kappa shape index (κ3) is 21.7. The second-order valence-corrected chi connectivity index (χ2v) is 14.8. The fourth-order valence-electron chi connectivity index (χ4n) is 7.29. The number of carbonyl (C=O) groups is 2. The molecule has 272 valence electrons. The Labute approximate surface area is 286 Å². The molecule has 0 saturated carbocycles. The molecular formula is C41H79NO4. The third-order valence-electron chi connectivity index (χ3n) is 10.7. The van der Waals surface area contributed by atoms with Gasteiger partial charge in [-0.3, -0.25) is 9.59 Å². The molecule has 1 rings (SSSR count). The molecule has 0 aromatic rings. The monoisotopic (exact) mass is 650 g/mol. The highest BCUT2D eigenvalue weighted by molar-refractivity contribution is 5.72. The summed E-state index contributed by atoms with van der Waals surface area (Å²) in [5.41, 5.74) is 0.0810. The molecule has 0 aromatic carbocycles. The topological polar surface area (TPSA) is 64.6 Å². The molecule has 1 N–H and O–H groups in total. The Hall–Kier alpha value is -1.10. The summed E-state index contributed by atoms with van der Waals surface area (Å²) in [4.78, 5) is 26.6. The Kier molecular flexibility index (Phi) is 28.0. The maximum atomic E-state index is 13.3. The molecule has 0 spiro atoms. The van der Waals surface area contributed by atoms with Crippen LogP contribution in [0.5, 0.6) is 0 Å². The summed E-state index contributed by atoms with van der Waals surface area (Å²) >= 11 is 0. The number of unbranched alkanes of at least 4 members (excludes halogenated alkanes) is 16. The van der Waals surface area contributed by atoms with E-state index >= 15 is 0 Å². The molecule has 0 amide bonds. The lowest BCUT2D eigenvalue weighted by molar-refractivity contribution is -0.150. The van der Waals surface area contributed by atoms with Crippen LogP contribution in [0.3, 0.4) is 0 Å². The maximum absolute atomic E-state index is 13.3. The highest BCUT2D eigenvalue weighted by Crippen LogP contribution is 2.37. The smallest absolute Gasteiger partial charge is 0.308 e. The quantitative estimate of drug-likeness (QED) is 0.0580. The lowest BCUT2D eigenvalue weighted by Crippen LogP contribution is -2.39. The lowest BCUT2D eigenvalue weighted by atomic mass is 9.74. The van der Waals surface area contributed by atoms with Crippen molar-refractivity contribution in [2.45, 2.75) is 207 Å². The molecule has 46 heavy (non-hydrogen) atoms. The lowest BCUT2D eigenvalue weighted by Gasteiger charge is -2.37. The van der Waals surface area contributed by atoms with E-state index in [2.05, 4.69) is 33.0 Å². The molecule has 1 aliphatic rings. The summed E-state index contributed by atoms with van der Waals surface area (Å²) < 4.78 is 12.1. The Balaban J connectivity index is 2.61. The summed E-state index contributed by atoms with van der Waals surface area (Å²) in [7, 11) is 0.